The van der Waals surface area contributed by atoms with Crippen molar-refractivity contribution in [1.29, 1.82) is 0 Å². The fourth-order valence-electron chi connectivity index (χ4n) is 0.168. The van der Waals surface area contributed by atoms with Crippen molar-refractivity contribution in [3.8, 4) is 0 Å². The van der Waals surface area contributed by atoms with Gasteiger partial charge in [0.2, 0.25) is 5.91 Å². The molecular formula is C5H11CuNO2. The fraction of sp³-hybridized carbons (Fsp3) is 0.800. The smallest absolute Gasteiger partial charge is 0.248 e. The molecule has 9 heavy (non-hydrogen) atoms. The summed E-state index contributed by atoms with van der Waals surface area (Å²) in [6, 6.07) is 0. The van der Waals surface area contributed by atoms with E-state index in [4.69, 9.17) is 5.21 Å². The number of carbonyl (C=O) groups is 1. The molecule has 1 radical (unpaired) electrons. The Hall–Kier alpha value is -0.0505. The van der Waals surface area contributed by atoms with Crippen LogP contribution in [0.2, 0.25) is 0 Å². The Balaban J connectivity index is 0. The summed E-state index contributed by atoms with van der Waals surface area (Å²) in [6.45, 7) is 5.16. The molecule has 3 nitrogen and oxygen atoms in total. The van der Waals surface area contributed by atoms with Crippen molar-refractivity contribution in [3.63, 3.8) is 0 Å². The van der Waals surface area contributed by atoms with Crippen LogP contribution in [0.1, 0.15) is 20.8 Å². The zero-order chi connectivity index (χ0) is 6.78. The number of carbonyl (C=O) groups excluding carboxylic acids is 1. The van der Waals surface area contributed by atoms with Crippen molar-refractivity contribution in [1.82, 2.24) is 5.48 Å². The average molecular weight is 181 g/mol. The summed E-state index contributed by atoms with van der Waals surface area (Å²) in [6.07, 6.45) is 0. The summed E-state index contributed by atoms with van der Waals surface area (Å²) < 4.78 is 0. The minimum Gasteiger partial charge on any atom is -0.289 e. The largest absolute Gasteiger partial charge is 0.289 e. The van der Waals surface area contributed by atoms with Gasteiger partial charge in [-0.3, -0.25) is 10.0 Å². The SMILES string of the molecule is CC(C)(C)C(=O)NO.[Cu]. The first-order valence-electron chi connectivity index (χ1n) is 2.43. The second-order valence-electron chi connectivity index (χ2n) is 2.69. The van der Waals surface area contributed by atoms with E-state index in [1.165, 1.54) is 0 Å². The summed E-state index contributed by atoms with van der Waals surface area (Å²) in [4.78, 5) is 10.5. The van der Waals surface area contributed by atoms with Crippen molar-refractivity contribution >= 4 is 5.91 Å². The molecule has 0 saturated heterocycles. The normalized spacial score (nSPS) is 9.78. The second-order valence-corrected chi connectivity index (χ2v) is 2.69. The van der Waals surface area contributed by atoms with Crippen molar-refractivity contribution < 1.29 is 27.1 Å². The molecule has 0 unspecified atom stereocenters. The van der Waals surface area contributed by atoms with Crippen LogP contribution >= 0.6 is 0 Å². The van der Waals surface area contributed by atoms with Gasteiger partial charge < -0.3 is 0 Å². The average Bonchev–Trinajstić information content (AvgIpc) is 1.62. The van der Waals surface area contributed by atoms with Crippen molar-refractivity contribution in [2.24, 2.45) is 5.41 Å². The number of hydrogen-bond acceptors (Lipinski definition) is 2. The van der Waals surface area contributed by atoms with Gasteiger partial charge in [-0.05, 0) is 0 Å². The Bertz CT molecular complexity index is 97.6. The monoisotopic (exact) mass is 180 g/mol. The molecule has 1 amide bonds. The molecule has 59 valence electrons. The third-order valence-electron chi connectivity index (χ3n) is 0.783. The predicted molar refractivity (Wildman–Crippen MR) is 29.4 cm³/mol. The Morgan fingerprint density at radius 1 is 1.44 bits per heavy atom. The molecule has 0 spiro atoms. The predicted octanol–water partition coefficient (Wildman–Crippen LogP) is 0.535. The molecule has 2 N–H and O–H groups in total. The van der Waals surface area contributed by atoms with E-state index in [9.17, 15) is 4.79 Å². The molecule has 0 aliphatic carbocycles. The van der Waals surface area contributed by atoms with Crippen LogP contribution in [0, 0.1) is 5.41 Å². The van der Waals surface area contributed by atoms with Crippen molar-refractivity contribution in [3.05, 3.63) is 0 Å². The fourth-order valence-corrected chi connectivity index (χ4v) is 0.168. The number of amides is 1. The number of hydrogen-bond donors (Lipinski definition) is 2. The zero-order valence-corrected chi connectivity index (χ0v) is 6.60. The van der Waals surface area contributed by atoms with Crippen molar-refractivity contribution in [2.75, 3.05) is 0 Å². The van der Waals surface area contributed by atoms with Gasteiger partial charge in [0.25, 0.3) is 0 Å². The molecule has 0 aliphatic heterocycles. The van der Waals surface area contributed by atoms with Crippen LogP contribution in [-0.2, 0) is 21.9 Å². The molecule has 0 fully saturated rings. The molecule has 4 heteroatoms. The van der Waals surface area contributed by atoms with E-state index >= 15 is 0 Å². The van der Waals surface area contributed by atoms with Gasteiger partial charge in [0, 0.05) is 22.5 Å². The molecule has 0 rings (SSSR count). The van der Waals surface area contributed by atoms with E-state index in [1.807, 2.05) is 0 Å². The molecule has 0 aromatic heterocycles. The molecule has 0 bridgehead atoms. The summed E-state index contributed by atoms with van der Waals surface area (Å²) in [7, 11) is 0. The number of nitrogens with one attached hydrogen (secondary N) is 1. The van der Waals surface area contributed by atoms with Gasteiger partial charge in [0.1, 0.15) is 0 Å². The van der Waals surface area contributed by atoms with Crippen LogP contribution in [0.15, 0.2) is 0 Å². The molecule has 0 aromatic carbocycles. The molecule has 0 aliphatic rings. The maximum absolute atomic E-state index is 10.5. The van der Waals surface area contributed by atoms with Gasteiger partial charge in [0.15, 0.2) is 0 Å². The second kappa shape index (κ2) is 3.88. The van der Waals surface area contributed by atoms with Crippen LogP contribution in [0.25, 0.3) is 0 Å². The minimum absolute atomic E-state index is 0. The van der Waals surface area contributed by atoms with Crippen LogP contribution in [0.5, 0.6) is 0 Å². The first-order valence-corrected chi connectivity index (χ1v) is 2.43. The Kier molecular flexibility index (Phi) is 5.05. The maximum Gasteiger partial charge on any atom is 0.248 e. The number of rotatable bonds is 0. The van der Waals surface area contributed by atoms with Gasteiger partial charge in [0.05, 0.1) is 0 Å². The van der Waals surface area contributed by atoms with Crippen molar-refractivity contribution in [2.45, 2.75) is 20.8 Å². The first-order chi connectivity index (χ1) is 3.48. The molecular weight excluding hydrogens is 170 g/mol. The Labute approximate surface area is 65.3 Å². The summed E-state index contributed by atoms with van der Waals surface area (Å²) in [5.41, 5.74) is 1.07. The summed E-state index contributed by atoms with van der Waals surface area (Å²) in [5.74, 6) is -0.363. The zero-order valence-electron chi connectivity index (χ0n) is 5.66. The Morgan fingerprint density at radius 3 is 1.78 bits per heavy atom. The Morgan fingerprint density at radius 2 is 1.78 bits per heavy atom. The van der Waals surface area contributed by atoms with E-state index < -0.39 is 5.41 Å². The quantitative estimate of drug-likeness (QED) is 0.325. The molecule has 0 atom stereocenters. The van der Waals surface area contributed by atoms with Crippen LogP contribution in [0.4, 0.5) is 0 Å². The van der Waals surface area contributed by atoms with Crippen LogP contribution < -0.4 is 5.48 Å². The minimum atomic E-state index is -0.491. The summed E-state index contributed by atoms with van der Waals surface area (Å²) >= 11 is 0. The standard InChI is InChI=1S/C5H11NO2.Cu/c1-5(2,3)4(7)6-8;/h8H,1-3H3,(H,6,7);. The van der Waals surface area contributed by atoms with Gasteiger partial charge in [-0.15, -0.1) is 0 Å². The van der Waals surface area contributed by atoms with E-state index in [0.717, 1.165) is 0 Å². The van der Waals surface area contributed by atoms with E-state index in [0.29, 0.717) is 0 Å². The van der Waals surface area contributed by atoms with Gasteiger partial charge >= 0.3 is 0 Å². The third-order valence-corrected chi connectivity index (χ3v) is 0.783. The molecule has 0 saturated carbocycles. The van der Waals surface area contributed by atoms with Gasteiger partial charge in [-0.1, -0.05) is 20.8 Å². The molecule has 0 heterocycles. The van der Waals surface area contributed by atoms with Crippen LogP contribution in [0.3, 0.4) is 0 Å². The molecule has 0 aromatic rings. The summed E-state index contributed by atoms with van der Waals surface area (Å²) in [5, 5.41) is 8.07. The topological polar surface area (TPSA) is 49.3 Å². The first kappa shape index (κ1) is 11.7. The number of hydroxylamine groups is 1. The van der Waals surface area contributed by atoms with Crippen LogP contribution in [-0.4, -0.2) is 11.1 Å². The third kappa shape index (κ3) is 4.45. The van der Waals surface area contributed by atoms with Gasteiger partial charge in [-0.25, -0.2) is 5.48 Å². The van der Waals surface area contributed by atoms with E-state index in [2.05, 4.69) is 0 Å². The van der Waals surface area contributed by atoms with E-state index in [-0.39, 0.29) is 23.0 Å². The van der Waals surface area contributed by atoms with Gasteiger partial charge in [-0.2, -0.15) is 0 Å². The maximum atomic E-state index is 10.5. The van der Waals surface area contributed by atoms with E-state index in [1.54, 1.807) is 26.3 Å².